The summed E-state index contributed by atoms with van der Waals surface area (Å²) in [6, 6.07) is 8.14. The summed E-state index contributed by atoms with van der Waals surface area (Å²) in [6.07, 6.45) is 1.79. The lowest BCUT2D eigenvalue weighted by Crippen LogP contribution is -1.98. The van der Waals surface area contributed by atoms with Crippen molar-refractivity contribution < 1.29 is 4.74 Å². The third kappa shape index (κ3) is 2.69. The lowest BCUT2D eigenvalue weighted by Gasteiger charge is -2.11. The van der Waals surface area contributed by atoms with Crippen LogP contribution in [0.4, 0.5) is 0 Å². The van der Waals surface area contributed by atoms with Crippen LogP contribution in [-0.2, 0) is 7.05 Å². The van der Waals surface area contributed by atoms with Gasteiger partial charge in [-0.15, -0.1) is 0 Å². The second kappa shape index (κ2) is 6.60. The van der Waals surface area contributed by atoms with Crippen molar-refractivity contribution in [2.45, 2.75) is 27.7 Å². The Labute approximate surface area is 131 Å². The highest BCUT2D eigenvalue weighted by Crippen LogP contribution is 2.30. The van der Waals surface area contributed by atoms with Gasteiger partial charge in [0.15, 0.2) is 0 Å². The van der Waals surface area contributed by atoms with Gasteiger partial charge in [0.1, 0.15) is 5.75 Å². The van der Waals surface area contributed by atoms with Crippen LogP contribution in [0.1, 0.15) is 25.0 Å². The highest BCUT2D eigenvalue weighted by atomic mass is 16.5. The van der Waals surface area contributed by atoms with E-state index in [1.807, 2.05) is 44.6 Å². The Bertz CT molecular complexity index is 790. The summed E-state index contributed by atoms with van der Waals surface area (Å²) in [6.45, 7) is 8.15. The molecule has 0 aliphatic carbocycles. The molecule has 3 rings (SSSR count). The third-order valence-corrected chi connectivity index (χ3v) is 3.69. The number of aromatic nitrogens is 3. The Morgan fingerprint density at radius 1 is 1.09 bits per heavy atom. The van der Waals surface area contributed by atoms with Crippen molar-refractivity contribution in [3.63, 3.8) is 0 Å². The van der Waals surface area contributed by atoms with Gasteiger partial charge in [-0.25, -0.2) is 4.98 Å². The summed E-state index contributed by atoms with van der Waals surface area (Å²) >= 11 is 0. The van der Waals surface area contributed by atoms with Crippen molar-refractivity contribution in [1.29, 1.82) is 0 Å². The van der Waals surface area contributed by atoms with Crippen LogP contribution in [0, 0.1) is 13.8 Å². The monoisotopic (exact) mass is 297 g/mol. The van der Waals surface area contributed by atoms with Gasteiger partial charge in [-0.05, 0) is 43.7 Å². The molecule has 0 atom stereocenters. The molecule has 0 saturated heterocycles. The van der Waals surface area contributed by atoms with Crippen LogP contribution in [-0.4, -0.2) is 21.9 Å². The average molecular weight is 297 g/mol. The van der Waals surface area contributed by atoms with Crippen molar-refractivity contribution in [3.8, 4) is 17.1 Å². The lowest BCUT2D eigenvalue weighted by atomic mass is 10.0. The maximum atomic E-state index is 5.39. The van der Waals surface area contributed by atoms with Crippen molar-refractivity contribution in [3.05, 3.63) is 41.6 Å². The van der Waals surface area contributed by atoms with Gasteiger partial charge < -0.3 is 4.74 Å². The van der Waals surface area contributed by atoms with Crippen LogP contribution < -0.4 is 4.74 Å². The molecule has 0 fully saturated rings. The first-order chi connectivity index (χ1) is 10.6. The number of rotatable bonds is 2. The zero-order chi connectivity index (χ0) is 16.3. The van der Waals surface area contributed by atoms with Gasteiger partial charge in [-0.1, -0.05) is 13.8 Å². The minimum absolute atomic E-state index is 0.867. The molecule has 3 aromatic rings. The molecular formula is C18H23N3O. The fourth-order valence-electron chi connectivity index (χ4n) is 2.56. The van der Waals surface area contributed by atoms with E-state index < -0.39 is 0 Å². The number of aryl methyl sites for hydroxylation is 3. The summed E-state index contributed by atoms with van der Waals surface area (Å²) in [7, 11) is 3.61. The van der Waals surface area contributed by atoms with Crippen LogP contribution in [0.25, 0.3) is 22.3 Å². The van der Waals surface area contributed by atoms with Crippen LogP contribution in [0.2, 0.25) is 0 Å². The van der Waals surface area contributed by atoms with Gasteiger partial charge in [0.05, 0.1) is 24.0 Å². The molecule has 0 radical (unpaired) electrons. The maximum absolute atomic E-state index is 5.39. The predicted molar refractivity (Wildman–Crippen MR) is 91.3 cm³/mol. The van der Waals surface area contributed by atoms with Crippen LogP contribution in [0.15, 0.2) is 30.5 Å². The molecule has 4 heteroatoms. The maximum Gasteiger partial charge on any atom is 0.123 e. The van der Waals surface area contributed by atoms with E-state index in [1.165, 1.54) is 5.56 Å². The Kier molecular flexibility index (Phi) is 4.81. The molecular weight excluding hydrogens is 274 g/mol. The van der Waals surface area contributed by atoms with E-state index >= 15 is 0 Å². The largest absolute Gasteiger partial charge is 0.496 e. The highest BCUT2D eigenvalue weighted by Gasteiger charge is 2.11. The van der Waals surface area contributed by atoms with Gasteiger partial charge in [0.2, 0.25) is 0 Å². The van der Waals surface area contributed by atoms with Crippen molar-refractivity contribution in [2.75, 3.05) is 7.11 Å². The molecule has 0 N–H and O–H groups in total. The van der Waals surface area contributed by atoms with Gasteiger partial charge in [0, 0.05) is 24.2 Å². The van der Waals surface area contributed by atoms with E-state index in [4.69, 9.17) is 9.72 Å². The van der Waals surface area contributed by atoms with Gasteiger partial charge >= 0.3 is 0 Å². The number of hydrogen-bond acceptors (Lipinski definition) is 3. The van der Waals surface area contributed by atoms with E-state index in [0.29, 0.717) is 0 Å². The average Bonchev–Trinajstić information content (AvgIpc) is 2.96. The minimum atomic E-state index is 0.867. The standard InChI is InChI=1S/C16H17N3O.C2H6/c1-10-9-13(14-7-8-17-19(14)3)18-16-11(2)15(20-4)6-5-12(10)16;1-2/h5-9H,1-4H3;1-2H3. The van der Waals surface area contributed by atoms with E-state index in [-0.39, 0.29) is 0 Å². The molecule has 116 valence electrons. The van der Waals surface area contributed by atoms with Crippen LogP contribution in [0.3, 0.4) is 0 Å². The highest BCUT2D eigenvalue weighted by molar-refractivity contribution is 5.88. The Balaban J connectivity index is 0.000000847. The second-order valence-electron chi connectivity index (χ2n) is 4.95. The summed E-state index contributed by atoms with van der Waals surface area (Å²) in [5.41, 5.74) is 5.21. The normalized spacial score (nSPS) is 10.3. The first-order valence-electron chi connectivity index (χ1n) is 7.55. The van der Waals surface area contributed by atoms with E-state index in [1.54, 1.807) is 13.3 Å². The number of methoxy groups -OCH3 is 1. The summed E-state index contributed by atoms with van der Waals surface area (Å²) < 4.78 is 7.23. The minimum Gasteiger partial charge on any atom is -0.496 e. The van der Waals surface area contributed by atoms with Gasteiger partial charge in [-0.2, -0.15) is 5.10 Å². The zero-order valence-electron chi connectivity index (χ0n) is 14.1. The Morgan fingerprint density at radius 3 is 2.41 bits per heavy atom. The first kappa shape index (κ1) is 16.0. The number of hydrogen-bond donors (Lipinski definition) is 0. The van der Waals surface area contributed by atoms with Gasteiger partial charge in [0.25, 0.3) is 0 Å². The fraction of sp³-hybridized carbons (Fsp3) is 0.333. The van der Waals surface area contributed by atoms with Crippen LogP contribution in [0.5, 0.6) is 5.75 Å². The van der Waals surface area contributed by atoms with Gasteiger partial charge in [-0.3, -0.25) is 4.68 Å². The molecule has 2 heterocycles. The summed E-state index contributed by atoms with van der Waals surface area (Å²) in [5.74, 6) is 0.867. The van der Waals surface area contributed by atoms with E-state index in [9.17, 15) is 0 Å². The summed E-state index contributed by atoms with van der Waals surface area (Å²) in [4.78, 5) is 4.81. The van der Waals surface area contributed by atoms with Crippen LogP contribution >= 0.6 is 0 Å². The number of ether oxygens (including phenoxy) is 1. The van der Waals surface area contributed by atoms with E-state index in [2.05, 4.69) is 24.2 Å². The number of benzene rings is 1. The smallest absolute Gasteiger partial charge is 0.123 e. The van der Waals surface area contributed by atoms with E-state index in [0.717, 1.165) is 33.6 Å². The number of nitrogens with zero attached hydrogens (tertiary/aromatic N) is 3. The number of pyridine rings is 1. The SMILES string of the molecule is CC.COc1ccc2c(C)cc(-c3ccnn3C)nc2c1C. The zero-order valence-corrected chi connectivity index (χ0v) is 14.1. The van der Waals surface area contributed by atoms with Crippen molar-refractivity contribution in [1.82, 2.24) is 14.8 Å². The molecule has 0 aliphatic heterocycles. The predicted octanol–water partition coefficient (Wildman–Crippen LogP) is 4.29. The van der Waals surface area contributed by atoms with Crippen molar-refractivity contribution >= 4 is 10.9 Å². The molecule has 0 saturated carbocycles. The lowest BCUT2D eigenvalue weighted by molar-refractivity contribution is 0.412. The molecule has 0 bridgehead atoms. The van der Waals surface area contributed by atoms with Crippen molar-refractivity contribution in [2.24, 2.45) is 7.05 Å². The molecule has 4 nitrogen and oxygen atoms in total. The Morgan fingerprint density at radius 2 is 1.82 bits per heavy atom. The summed E-state index contributed by atoms with van der Waals surface area (Å²) in [5, 5.41) is 5.37. The topological polar surface area (TPSA) is 39.9 Å². The number of fused-ring (bicyclic) bond motifs is 1. The molecule has 22 heavy (non-hydrogen) atoms. The molecule has 1 aromatic carbocycles. The molecule has 0 unspecified atom stereocenters. The second-order valence-corrected chi connectivity index (χ2v) is 4.95. The molecule has 0 spiro atoms. The molecule has 0 amide bonds. The first-order valence-corrected chi connectivity index (χ1v) is 7.55. The third-order valence-electron chi connectivity index (χ3n) is 3.69. The quantitative estimate of drug-likeness (QED) is 0.708. The Hall–Kier alpha value is -2.36. The molecule has 0 aliphatic rings. The fourth-order valence-corrected chi connectivity index (χ4v) is 2.56. The molecule has 2 aromatic heterocycles.